The number of benzene rings is 2. The van der Waals surface area contributed by atoms with Crippen molar-refractivity contribution in [1.82, 2.24) is 20.0 Å². The summed E-state index contributed by atoms with van der Waals surface area (Å²) in [6.07, 6.45) is 3.88. The summed E-state index contributed by atoms with van der Waals surface area (Å²) in [5, 5.41) is 7.77. The first-order valence-corrected chi connectivity index (χ1v) is 11.0. The molecule has 168 valence electrons. The van der Waals surface area contributed by atoms with Crippen molar-refractivity contribution in [2.45, 2.75) is 25.9 Å². The van der Waals surface area contributed by atoms with Crippen LogP contribution in [-0.4, -0.2) is 47.4 Å². The van der Waals surface area contributed by atoms with E-state index >= 15 is 0 Å². The molecule has 0 spiro atoms. The van der Waals surface area contributed by atoms with Crippen LogP contribution in [0.5, 0.6) is 0 Å². The van der Waals surface area contributed by atoms with Gasteiger partial charge >= 0.3 is 0 Å². The highest BCUT2D eigenvalue weighted by Gasteiger charge is 2.25. The molecule has 0 bridgehead atoms. The van der Waals surface area contributed by atoms with Crippen molar-refractivity contribution < 1.29 is 9.47 Å². The number of hydrogen-bond acceptors (Lipinski definition) is 4. The van der Waals surface area contributed by atoms with Gasteiger partial charge in [0.05, 0.1) is 32.6 Å². The van der Waals surface area contributed by atoms with Crippen molar-refractivity contribution in [3.63, 3.8) is 0 Å². The molecule has 1 saturated heterocycles. The minimum absolute atomic E-state index is 0.00101. The fourth-order valence-corrected chi connectivity index (χ4v) is 3.85. The van der Waals surface area contributed by atoms with Gasteiger partial charge in [0, 0.05) is 38.9 Å². The molecule has 7 nitrogen and oxygen atoms in total. The van der Waals surface area contributed by atoms with Gasteiger partial charge < -0.3 is 19.7 Å². The van der Waals surface area contributed by atoms with E-state index < -0.39 is 0 Å². The molecule has 7 heteroatoms. The van der Waals surface area contributed by atoms with Crippen molar-refractivity contribution in [3.8, 4) is 0 Å². The number of aliphatic imine (C=N–C) groups is 1. The SMILES string of the molecule is CN=C(NCc1cccc(COCc2ccccc2)c1)N1CCOC(c2cnn(C)c2)C1. The molecule has 1 aliphatic rings. The third-order valence-corrected chi connectivity index (χ3v) is 5.50. The highest BCUT2D eigenvalue weighted by Crippen LogP contribution is 2.21. The van der Waals surface area contributed by atoms with E-state index in [0.29, 0.717) is 26.4 Å². The Kier molecular flexibility index (Phi) is 7.53. The number of rotatable bonds is 7. The number of morpholine rings is 1. The minimum Gasteiger partial charge on any atom is -0.372 e. The Morgan fingerprint density at radius 2 is 1.91 bits per heavy atom. The lowest BCUT2D eigenvalue weighted by Gasteiger charge is -2.34. The molecule has 0 radical (unpaired) electrons. The largest absolute Gasteiger partial charge is 0.372 e. The lowest BCUT2D eigenvalue weighted by molar-refractivity contribution is -0.00805. The molecule has 1 fully saturated rings. The second-order valence-corrected chi connectivity index (χ2v) is 7.95. The van der Waals surface area contributed by atoms with Crippen LogP contribution in [0.2, 0.25) is 0 Å². The van der Waals surface area contributed by atoms with Crippen LogP contribution in [0, 0.1) is 0 Å². The zero-order chi connectivity index (χ0) is 22.2. The molecule has 0 saturated carbocycles. The zero-order valence-corrected chi connectivity index (χ0v) is 18.8. The molecule has 4 rings (SSSR count). The molecule has 1 N–H and O–H groups in total. The average molecular weight is 434 g/mol. The maximum absolute atomic E-state index is 5.96. The molecule has 0 amide bonds. The Morgan fingerprint density at radius 3 is 2.69 bits per heavy atom. The quantitative estimate of drug-likeness (QED) is 0.458. The third-order valence-electron chi connectivity index (χ3n) is 5.50. The van der Waals surface area contributed by atoms with Crippen LogP contribution in [-0.2, 0) is 36.3 Å². The van der Waals surface area contributed by atoms with Gasteiger partial charge in [0.25, 0.3) is 0 Å². The average Bonchev–Trinajstić information content (AvgIpc) is 3.27. The maximum Gasteiger partial charge on any atom is 0.194 e. The van der Waals surface area contributed by atoms with Crippen LogP contribution < -0.4 is 5.32 Å². The van der Waals surface area contributed by atoms with Gasteiger partial charge in [0.2, 0.25) is 0 Å². The van der Waals surface area contributed by atoms with Crippen molar-refractivity contribution in [2.75, 3.05) is 26.7 Å². The Bertz CT molecular complexity index is 1020. The molecular formula is C25H31N5O2. The summed E-state index contributed by atoms with van der Waals surface area (Å²) in [5.41, 5.74) is 4.64. The molecule has 2 aromatic carbocycles. The third kappa shape index (κ3) is 5.96. The lowest BCUT2D eigenvalue weighted by Crippen LogP contribution is -2.47. The van der Waals surface area contributed by atoms with E-state index in [4.69, 9.17) is 9.47 Å². The van der Waals surface area contributed by atoms with Gasteiger partial charge in [-0.1, -0.05) is 54.6 Å². The van der Waals surface area contributed by atoms with E-state index in [9.17, 15) is 0 Å². The predicted molar refractivity (Wildman–Crippen MR) is 125 cm³/mol. The molecule has 1 aliphatic heterocycles. The molecular weight excluding hydrogens is 402 g/mol. The second-order valence-electron chi connectivity index (χ2n) is 7.95. The smallest absolute Gasteiger partial charge is 0.194 e. The van der Waals surface area contributed by atoms with Gasteiger partial charge in [-0.05, 0) is 16.7 Å². The standard InChI is InChI=1S/C25H31N5O2/c1-26-25(30-11-12-32-24(17-30)23-15-28-29(2)16-23)27-14-21-9-6-10-22(13-21)19-31-18-20-7-4-3-5-8-20/h3-10,13,15-16,24H,11-12,14,17-19H2,1-2H3,(H,26,27). The first kappa shape index (κ1) is 22.0. The summed E-state index contributed by atoms with van der Waals surface area (Å²) in [4.78, 5) is 6.74. The van der Waals surface area contributed by atoms with Crippen LogP contribution >= 0.6 is 0 Å². The Labute approximate surface area is 189 Å². The van der Waals surface area contributed by atoms with Gasteiger partial charge in [0.1, 0.15) is 6.10 Å². The molecule has 1 aromatic heterocycles. The summed E-state index contributed by atoms with van der Waals surface area (Å²) < 4.78 is 13.7. The lowest BCUT2D eigenvalue weighted by atomic mass is 10.1. The van der Waals surface area contributed by atoms with Gasteiger partial charge in [-0.2, -0.15) is 5.10 Å². The molecule has 0 aliphatic carbocycles. The van der Waals surface area contributed by atoms with Crippen LogP contribution in [0.1, 0.15) is 28.4 Å². The summed E-state index contributed by atoms with van der Waals surface area (Å²) in [6, 6.07) is 18.7. The second kappa shape index (κ2) is 10.9. The Balaban J connectivity index is 1.29. The van der Waals surface area contributed by atoms with Gasteiger partial charge in [-0.25, -0.2) is 0 Å². The first-order valence-electron chi connectivity index (χ1n) is 11.0. The number of guanidine groups is 1. The number of hydrogen-bond donors (Lipinski definition) is 1. The molecule has 1 atom stereocenters. The van der Waals surface area contributed by atoms with E-state index in [1.807, 2.05) is 44.7 Å². The van der Waals surface area contributed by atoms with Gasteiger partial charge in [-0.15, -0.1) is 0 Å². The monoisotopic (exact) mass is 433 g/mol. The fourth-order valence-electron chi connectivity index (χ4n) is 3.85. The van der Waals surface area contributed by atoms with E-state index in [-0.39, 0.29) is 6.10 Å². The predicted octanol–water partition coefficient (Wildman–Crippen LogP) is 3.29. The number of ether oxygens (including phenoxy) is 2. The van der Waals surface area contributed by atoms with E-state index in [1.54, 1.807) is 4.68 Å². The van der Waals surface area contributed by atoms with Crippen molar-refractivity contribution >= 4 is 5.96 Å². The Hall–Kier alpha value is -3.16. The number of nitrogens with one attached hydrogen (secondary N) is 1. The van der Waals surface area contributed by atoms with Crippen molar-refractivity contribution in [3.05, 3.63) is 89.2 Å². The summed E-state index contributed by atoms with van der Waals surface area (Å²) >= 11 is 0. The molecule has 2 heterocycles. The Morgan fingerprint density at radius 1 is 1.12 bits per heavy atom. The van der Waals surface area contributed by atoms with Crippen LogP contribution in [0.4, 0.5) is 0 Å². The molecule has 32 heavy (non-hydrogen) atoms. The van der Waals surface area contributed by atoms with Gasteiger partial charge in [-0.3, -0.25) is 9.67 Å². The molecule has 1 unspecified atom stereocenters. The maximum atomic E-state index is 5.96. The number of aryl methyl sites for hydroxylation is 1. The van der Waals surface area contributed by atoms with Crippen LogP contribution in [0.3, 0.4) is 0 Å². The molecule has 3 aromatic rings. The zero-order valence-electron chi connectivity index (χ0n) is 18.8. The van der Waals surface area contributed by atoms with E-state index in [0.717, 1.165) is 24.6 Å². The highest BCUT2D eigenvalue weighted by atomic mass is 16.5. The highest BCUT2D eigenvalue weighted by molar-refractivity contribution is 5.80. The number of nitrogens with zero attached hydrogens (tertiary/aromatic N) is 4. The topological polar surface area (TPSA) is 63.9 Å². The van der Waals surface area contributed by atoms with E-state index in [1.165, 1.54) is 16.7 Å². The van der Waals surface area contributed by atoms with Crippen LogP contribution in [0.25, 0.3) is 0 Å². The fraction of sp³-hybridized carbons (Fsp3) is 0.360. The van der Waals surface area contributed by atoms with Crippen molar-refractivity contribution in [2.24, 2.45) is 12.0 Å². The minimum atomic E-state index is 0.00101. The normalized spacial score (nSPS) is 16.9. The van der Waals surface area contributed by atoms with Gasteiger partial charge in [0.15, 0.2) is 5.96 Å². The summed E-state index contributed by atoms with van der Waals surface area (Å²) in [7, 11) is 3.75. The first-order chi connectivity index (χ1) is 15.7. The summed E-state index contributed by atoms with van der Waals surface area (Å²) in [6.45, 7) is 4.13. The van der Waals surface area contributed by atoms with Crippen LogP contribution in [0.15, 0.2) is 72.0 Å². The number of aromatic nitrogens is 2. The van der Waals surface area contributed by atoms with Crippen molar-refractivity contribution in [1.29, 1.82) is 0 Å². The summed E-state index contributed by atoms with van der Waals surface area (Å²) in [5.74, 6) is 0.882. The van der Waals surface area contributed by atoms with E-state index in [2.05, 4.69) is 56.7 Å².